The minimum Gasteiger partial charge on any atom is -0.493 e. The van der Waals surface area contributed by atoms with Crippen LogP contribution in [-0.4, -0.2) is 25.3 Å². The molecule has 5 heteroatoms. The monoisotopic (exact) mass is 299 g/mol. The Morgan fingerprint density at radius 2 is 1.59 bits per heavy atom. The van der Waals surface area contributed by atoms with E-state index < -0.39 is 5.97 Å². The zero-order chi connectivity index (χ0) is 16.1. The van der Waals surface area contributed by atoms with Gasteiger partial charge in [0, 0.05) is 11.8 Å². The maximum absolute atomic E-state index is 11.1. The lowest BCUT2D eigenvalue weighted by molar-refractivity contribution is -0.131. The summed E-state index contributed by atoms with van der Waals surface area (Å²) < 4.78 is 10.5. The van der Waals surface area contributed by atoms with Gasteiger partial charge in [-0.25, -0.2) is 4.79 Å². The van der Waals surface area contributed by atoms with Crippen LogP contribution >= 0.6 is 0 Å². The molecule has 0 aliphatic heterocycles. The normalized spacial score (nSPS) is 11.1. The third-order valence-electron chi connectivity index (χ3n) is 3.18. The van der Waals surface area contributed by atoms with E-state index in [0.717, 1.165) is 11.6 Å². The molecule has 0 amide bonds. The van der Waals surface area contributed by atoms with E-state index >= 15 is 0 Å². The van der Waals surface area contributed by atoms with Crippen LogP contribution in [0.1, 0.15) is 11.1 Å². The summed E-state index contributed by atoms with van der Waals surface area (Å²) in [4.78, 5) is 11.1. The van der Waals surface area contributed by atoms with Crippen molar-refractivity contribution in [3.8, 4) is 11.5 Å². The average Bonchev–Trinajstić information content (AvgIpc) is 2.52. The van der Waals surface area contributed by atoms with Crippen LogP contribution < -0.4 is 15.2 Å². The van der Waals surface area contributed by atoms with Crippen molar-refractivity contribution in [1.29, 1.82) is 0 Å². The van der Waals surface area contributed by atoms with Gasteiger partial charge in [-0.3, -0.25) is 0 Å². The molecule has 2 rings (SSSR count). The molecule has 114 valence electrons. The summed E-state index contributed by atoms with van der Waals surface area (Å²) in [6, 6.07) is 12.3. The fourth-order valence-electron chi connectivity index (χ4n) is 2.12. The predicted octanol–water partition coefficient (Wildman–Crippen LogP) is 2.80. The third kappa shape index (κ3) is 3.38. The molecule has 0 aliphatic rings. The summed E-state index contributed by atoms with van der Waals surface area (Å²) in [5.74, 6) is 0.0894. The summed E-state index contributed by atoms with van der Waals surface area (Å²) >= 11 is 0. The molecule has 3 N–H and O–H groups in total. The standard InChI is InChI=1S/C17H17NO4/c1-21-15-8-5-12(9-16(15)22-2)14(10-17(19)20)11-3-6-13(18)7-4-11/h3-10H,18H2,1-2H3,(H,19,20). The van der Waals surface area contributed by atoms with Gasteiger partial charge in [0.15, 0.2) is 11.5 Å². The molecule has 2 aromatic carbocycles. The summed E-state index contributed by atoms with van der Waals surface area (Å²) in [7, 11) is 3.08. The number of methoxy groups -OCH3 is 2. The Hall–Kier alpha value is -2.95. The molecule has 22 heavy (non-hydrogen) atoms. The molecule has 0 bridgehead atoms. The number of aliphatic carboxylic acids is 1. The first-order chi connectivity index (χ1) is 10.5. The number of benzene rings is 2. The van der Waals surface area contributed by atoms with Crippen LogP contribution in [0.2, 0.25) is 0 Å². The van der Waals surface area contributed by atoms with Gasteiger partial charge in [-0.2, -0.15) is 0 Å². The van der Waals surface area contributed by atoms with E-state index in [4.69, 9.17) is 20.3 Å². The van der Waals surface area contributed by atoms with Gasteiger partial charge in [0.1, 0.15) is 0 Å². The van der Waals surface area contributed by atoms with Crippen LogP contribution in [0.25, 0.3) is 5.57 Å². The molecule has 0 aromatic heterocycles. The Balaban J connectivity index is 2.55. The second kappa shape index (κ2) is 6.67. The molecule has 0 spiro atoms. The molecule has 2 aromatic rings. The molecule has 0 atom stereocenters. The summed E-state index contributed by atoms with van der Waals surface area (Å²) in [6.07, 6.45) is 1.16. The number of anilines is 1. The Labute approximate surface area is 128 Å². The molecular formula is C17H17NO4. The quantitative estimate of drug-likeness (QED) is 0.655. The summed E-state index contributed by atoms with van der Waals surface area (Å²) in [5, 5.41) is 9.13. The number of hydrogen-bond acceptors (Lipinski definition) is 4. The van der Waals surface area contributed by atoms with Crippen LogP contribution in [0.15, 0.2) is 48.5 Å². The van der Waals surface area contributed by atoms with Crippen molar-refractivity contribution >= 4 is 17.2 Å². The average molecular weight is 299 g/mol. The van der Waals surface area contributed by atoms with Gasteiger partial charge in [-0.1, -0.05) is 18.2 Å². The van der Waals surface area contributed by atoms with Crippen molar-refractivity contribution in [2.24, 2.45) is 0 Å². The lowest BCUT2D eigenvalue weighted by Gasteiger charge is -2.12. The van der Waals surface area contributed by atoms with Crippen LogP contribution in [-0.2, 0) is 4.79 Å². The highest BCUT2D eigenvalue weighted by Gasteiger charge is 2.11. The zero-order valence-electron chi connectivity index (χ0n) is 12.4. The van der Waals surface area contributed by atoms with Gasteiger partial charge in [0.25, 0.3) is 0 Å². The lowest BCUT2D eigenvalue weighted by Crippen LogP contribution is -1.97. The largest absolute Gasteiger partial charge is 0.493 e. The molecule has 0 unspecified atom stereocenters. The second-order valence-corrected chi connectivity index (χ2v) is 4.59. The number of nitrogen functional groups attached to an aromatic ring is 1. The van der Waals surface area contributed by atoms with Gasteiger partial charge in [-0.15, -0.1) is 0 Å². The fraction of sp³-hybridized carbons (Fsp3) is 0.118. The Bertz CT molecular complexity index is 705. The molecule has 0 radical (unpaired) electrons. The molecule has 5 nitrogen and oxygen atoms in total. The fourth-order valence-corrected chi connectivity index (χ4v) is 2.12. The number of rotatable bonds is 5. The van der Waals surface area contributed by atoms with Crippen molar-refractivity contribution in [1.82, 2.24) is 0 Å². The number of ether oxygens (including phenoxy) is 2. The van der Waals surface area contributed by atoms with Gasteiger partial charge in [0.2, 0.25) is 0 Å². The second-order valence-electron chi connectivity index (χ2n) is 4.59. The van der Waals surface area contributed by atoms with E-state index in [1.807, 2.05) is 0 Å². The number of carboxylic acids is 1. The van der Waals surface area contributed by atoms with Gasteiger partial charge in [-0.05, 0) is 41.0 Å². The SMILES string of the molecule is COc1ccc(C(=CC(=O)O)c2ccc(N)cc2)cc1OC. The van der Waals surface area contributed by atoms with Crippen LogP contribution in [0.4, 0.5) is 5.69 Å². The summed E-state index contributed by atoms with van der Waals surface area (Å²) in [6.45, 7) is 0. The molecule has 0 saturated carbocycles. The van der Waals surface area contributed by atoms with Gasteiger partial charge in [0.05, 0.1) is 14.2 Å². The first-order valence-corrected chi connectivity index (χ1v) is 6.58. The van der Waals surface area contributed by atoms with Crippen molar-refractivity contribution in [3.63, 3.8) is 0 Å². The maximum atomic E-state index is 11.1. The molecule has 0 aliphatic carbocycles. The zero-order valence-corrected chi connectivity index (χ0v) is 12.4. The van der Waals surface area contributed by atoms with E-state index in [9.17, 15) is 4.79 Å². The van der Waals surface area contributed by atoms with E-state index in [1.165, 1.54) is 7.11 Å². The number of carbonyl (C=O) groups is 1. The number of nitrogens with two attached hydrogens (primary N) is 1. The number of hydrogen-bond donors (Lipinski definition) is 2. The minimum atomic E-state index is -1.03. The first-order valence-electron chi connectivity index (χ1n) is 6.58. The Kier molecular flexibility index (Phi) is 4.68. The van der Waals surface area contributed by atoms with Crippen molar-refractivity contribution < 1.29 is 19.4 Å². The Morgan fingerprint density at radius 3 is 2.14 bits per heavy atom. The van der Waals surface area contributed by atoms with Crippen LogP contribution in [0.5, 0.6) is 11.5 Å². The third-order valence-corrected chi connectivity index (χ3v) is 3.18. The molecule has 0 heterocycles. The van der Waals surface area contributed by atoms with E-state index in [1.54, 1.807) is 49.6 Å². The number of carboxylic acid groups (broad SMARTS) is 1. The van der Waals surface area contributed by atoms with Gasteiger partial charge < -0.3 is 20.3 Å². The van der Waals surface area contributed by atoms with Crippen LogP contribution in [0.3, 0.4) is 0 Å². The van der Waals surface area contributed by atoms with E-state index in [0.29, 0.717) is 28.3 Å². The Morgan fingerprint density at radius 1 is 1.00 bits per heavy atom. The minimum absolute atomic E-state index is 0.534. The van der Waals surface area contributed by atoms with Crippen molar-refractivity contribution in [3.05, 3.63) is 59.7 Å². The molecule has 0 saturated heterocycles. The van der Waals surface area contributed by atoms with Gasteiger partial charge >= 0.3 is 5.97 Å². The highest BCUT2D eigenvalue weighted by atomic mass is 16.5. The summed E-state index contributed by atoms with van der Waals surface area (Å²) in [5.41, 5.74) is 8.32. The molecule has 0 fully saturated rings. The van der Waals surface area contributed by atoms with Crippen LogP contribution in [0, 0.1) is 0 Å². The van der Waals surface area contributed by atoms with E-state index in [2.05, 4.69) is 0 Å². The topological polar surface area (TPSA) is 81.8 Å². The smallest absolute Gasteiger partial charge is 0.328 e. The maximum Gasteiger partial charge on any atom is 0.328 e. The lowest BCUT2D eigenvalue weighted by atomic mass is 9.97. The molecular weight excluding hydrogens is 282 g/mol. The van der Waals surface area contributed by atoms with Crippen molar-refractivity contribution in [2.45, 2.75) is 0 Å². The predicted molar refractivity (Wildman–Crippen MR) is 85.1 cm³/mol. The highest BCUT2D eigenvalue weighted by molar-refractivity contribution is 5.95. The van der Waals surface area contributed by atoms with E-state index in [-0.39, 0.29) is 0 Å². The highest BCUT2D eigenvalue weighted by Crippen LogP contribution is 2.33. The first kappa shape index (κ1) is 15.4. The van der Waals surface area contributed by atoms with Crippen molar-refractivity contribution in [2.75, 3.05) is 20.0 Å².